The second kappa shape index (κ2) is 6.48. The molecule has 1 aliphatic rings. The maximum absolute atomic E-state index is 12.0. The van der Waals surface area contributed by atoms with Crippen LogP contribution in [0.2, 0.25) is 0 Å². The molecule has 1 aromatic rings. The molecule has 102 valence electrons. The van der Waals surface area contributed by atoms with Crippen molar-refractivity contribution in [2.24, 2.45) is 0 Å². The smallest absolute Gasteiger partial charge is 0.243 e. The monoisotopic (exact) mass is 260 g/mol. The molecule has 1 saturated heterocycles. The van der Waals surface area contributed by atoms with Gasteiger partial charge in [-0.15, -0.1) is 0 Å². The molecule has 1 fully saturated rings. The second-order valence-corrected chi connectivity index (χ2v) is 4.92. The highest BCUT2D eigenvalue weighted by Crippen LogP contribution is 2.11. The number of benzene rings is 1. The molecule has 0 saturated carbocycles. The summed E-state index contributed by atoms with van der Waals surface area (Å²) < 4.78 is 0. The van der Waals surface area contributed by atoms with Crippen molar-refractivity contribution in [3.05, 3.63) is 35.9 Å². The van der Waals surface area contributed by atoms with E-state index in [1.54, 1.807) is 0 Å². The molecule has 4 heteroatoms. The SMILES string of the molecule is CCCCN1C(=O)CN(Cc2ccccc2)CC1=O. The van der Waals surface area contributed by atoms with Crippen LogP contribution in [0.5, 0.6) is 0 Å². The van der Waals surface area contributed by atoms with Gasteiger partial charge in [0.25, 0.3) is 0 Å². The van der Waals surface area contributed by atoms with Crippen molar-refractivity contribution in [3.8, 4) is 0 Å². The zero-order valence-electron chi connectivity index (χ0n) is 11.3. The first-order valence-corrected chi connectivity index (χ1v) is 6.80. The summed E-state index contributed by atoms with van der Waals surface area (Å²) in [7, 11) is 0. The van der Waals surface area contributed by atoms with E-state index >= 15 is 0 Å². The Morgan fingerprint density at radius 1 is 1.05 bits per heavy atom. The summed E-state index contributed by atoms with van der Waals surface area (Å²) in [6, 6.07) is 9.92. The standard InChI is InChI=1S/C15H20N2O2/c1-2-3-9-17-14(18)11-16(12-15(17)19)10-13-7-5-4-6-8-13/h4-8H,2-3,9-12H2,1H3. The second-order valence-electron chi connectivity index (χ2n) is 4.92. The summed E-state index contributed by atoms with van der Waals surface area (Å²) in [6.45, 7) is 3.95. The molecule has 4 nitrogen and oxygen atoms in total. The van der Waals surface area contributed by atoms with Gasteiger partial charge in [-0.3, -0.25) is 19.4 Å². The van der Waals surface area contributed by atoms with Crippen LogP contribution in [0.4, 0.5) is 0 Å². The molecule has 2 rings (SSSR count). The van der Waals surface area contributed by atoms with Gasteiger partial charge in [-0.2, -0.15) is 0 Å². The van der Waals surface area contributed by atoms with E-state index in [1.807, 2.05) is 35.2 Å². The number of amides is 2. The van der Waals surface area contributed by atoms with Gasteiger partial charge in [-0.05, 0) is 12.0 Å². The van der Waals surface area contributed by atoms with Crippen LogP contribution in [0.3, 0.4) is 0 Å². The Morgan fingerprint density at radius 2 is 1.68 bits per heavy atom. The van der Waals surface area contributed by atoms with E-state index in [9.17, 15) is 9.59 Å². The fraction of sp³-hybridized carbons (Fsp3) is 0.467. The van der Waals surface area contributed by atoms with Gasteiger partial charge in [0.2, 0.25) is 11.8 Å². The number of imide groups is 1. The van der Waals surface area contributed by atoms with Crippen LogP contribution in [0.25, 0.3) is 0 Å². The zero-order valence-corrected chi connectivity index (χ0v) is 11.3. The van der Waals surface area contributed by atoms with Crippen molar-refractivity contribution in [2.75, 3.05) is 19.6 Å². The van der Waals surface area contributed by atoms with Crippen LogP contribution in [0.15, 0.2) is 30.3 Å². The molecule has 0 aliphatic carbocycles. The summed E-state index contributed by atoms with van der Waals surface area (Å²) >= 11 is 0. The molecule has 2 amide bonds. The molecule has 0 bridgehead atoms. The molecule has 0 atom stereocenters. The van der Waals surface area contributed by atoms with Crippen LogP contribution in [0, 0.1) is 0 Å². The van der Waals surface area contributed by atoms with Gasteiger partial charge >= 0.3 is 0 Å². The zero-order chi connectivity index (χ0) is 13.7. The molecule has 0 radical (unpaired) electrons. The average molecular weight is 260 g/mol. The van der Waals surface area contributed by atoms with Crippen molar-refractivity contribution in [1.29, 1.82) is 0 Å². The molecule has 1 aliphatic heterocycles. The molecular formula is C15H20N2O2. The van der Waals surface area contributed by atoms with Crippen LogP contribution in [-0.2, 0) is 16.1 Å². The quantitative estimate of drug-likeness (QED) is 0.756. The van der Waals surface area contributed by atoms with Crippen LogP contribution in [0.1, 0.15) is 25.3 Å². The predicted molar refractivity (Wildman–Crippen MR) is 73.3 cm³/mol. The minimum Gasteiger partial charge on any atom is -0.281 e. The maximum atomic E-state index is 12.0. The largest absolute Gasteiger partial charge is 0.281 e. The van der Waals surface area contributed by atoms with Gasteiger partial charge in [0.1, 0.15) is 0 Å². The summed E-state index contributed by atoms with van der Waals surface area (Å²) in [4.78, 5) is 27.3. The van der Waals surface area contributed by atoms with Gasteiger partial charge < -0.3 is 0 Å². The van der Waals surface area contributed by atoms with E-state index < -0.39 is 0 Å². The first-order valence-electron chi connectivity index (χ1n) is 6.80. The number of unbranched alkanes of at least 4 members (excludes halogenated alkanes) is 1. The third-order valence-corrected chi connectivity index (χ3v) is 3.30. The minimum absolute atomic E-state index is 0.0689. The first kappa shape index (κ1) is 13.7. The van der Waals surface area contributed by atoms with Crippen LogP contribution < -0.4 is 0 Å². The molecule has 0 unspecified atom stereocenters. The fourth-order valence-electron chi connectivity index (χ4n) is 2.27. The third-order valence-electron chi connectivity index (χ3n) is 3.30. The molecule has 0 N–H and O–H groups in total. The minimum atomic E-state index is -0.0689. The van der Waals surface area contributed by atoms with E-state index in [1.165, 1.54) is 4.90 Å². The highest BCUT2D eigenvalue weighted by atomic mass is 16.2. The lowest BCUT2D eigenvalue weighted by molar-refractivity contribution is -0.151. The first-order chi connectivity index (χ1) is 9.20. The summed E-state index contributed by atoms with van der Waals surface area (Å²) in [5.41, 5.74) is 1.13. The van der Waals surface area contributed by atoms with Crippen molar-refractivity contribution in [3.63, 3.8) is 0 Å². The Labute approximate surface area is 114 Å². The molecular weight excluding hydrogens is 240 g/mol. The highest BCUT2D eigenvalue weighted by Gasteiger charge is 2.30. The summed E-state index contributed by atoms with van der Waals surface area (Å²) in [5.74, 6) is -0.138. The Kier molecular flexibility index (Phi) is 4.68. The Hall–Kier alpha value is -1.68. The number of carbonyl (C=O) groups excluding carboxylic acids is 2. The number of rotatable bonds is 5. The molecule has 0 aromatic heterocycles. The lowest BCUT2D eigenvalue weighted by atomic mass is 10.2. The van der Waals surface area contributed by atoms with E-state index in [0.717, 1.165) is 18.4 Å². The van der Waals surface area contributed by atoms with Gasteiger partial charge in [0.05, 0.1) is 13.1 Å². The van der Waals surface area contributed by atoms with Crippen LogP contribution >= 0.6 is 0 Å². The number of hydrogen-bond acceptors (Lipinski definition) is 3. The average Bonchev–Trinajstić information content (AvgIpc) is 2.39. The molecule has 0 spiro atoms. The normalized spacial score (nSPS) is 17.0. The Bertz CT molecular complexity index is 427. The van der Waals surface area contributed by atoms with E-state index in [4.69, 9.17) is 0 Å². The summed E-state index contributed by atoms with van der Waals surface area (Å²) in [5, 5.41) is 0. The lowest BCUT2D eigenvalue weighted by Gasteiger charge is -2.32. The van der Waals surface area contributed by atoms with Crippen molar-refractivity contribution in [1.82, 2.24) is 9.80 Å². The Balaban J connectivity index is 1.94. The van der Waals surface area contributed by atoms with Gasteiger partial charge in [0.15, 0.2) is 0 Å². The molecule has 1 aromatic carbocycles. The van der Waals surface area contributed by atoms with Gasteiger partial charge in [-0.1, -0.05) is 43.7 Å². The Morgan fingerprint density at radius 3 is 2.26 bits per heavy atom. The third kappa shape index (κ3) is 3.64. The lowest BCUT2D eigenvalue weighted by Crippen LogP contribution is -2.53. The van der Waals surface area contributed by atoms with E-state index in [2.05, 4.69) is 6.92 Å². The van der Waals surface area contributed by atoms with Gasteiger partial charge in [-0.25, -0.2) is 0 Å². The highest BCUT2D eigenvalue weighted by molar-refractivity contribution is 5.99. The van der Waals surface area contributed by atoms with Crippen LogP contribution in [-0.4, -0.2) is 41.2 Å². The van der Waals surface area contributed by atoms with Crippen molar-refractivity contribution in [2.45, 2.75) is 26.3 Å². The fourth-order valence-corrected chi connectivity index (χ4v) is 2.27. The topological polar surface area (TPSA) is 40.6 Å². The van der Waals surface area contributed by atoms with Crippen molar-refractivity contribution < 1.29 is 9.59 Å². The van der Waals surface area contributed by atoms with E-state index in [0.29, 0.717) is 26.2 Å². The van der Waals surface area contributed by atoms with Crippen molar-refractivity contribution >= 4 is 11.8 Å². The predicted octanol–water partition coefficient (Wildman–Crippen LogP) is 1.66. The summed E-state index contributed by atoms with van der Waals surface area (Å²) in [6.07, 6.45) is 1.88. The number of carbonyl (C=O) groups is 2. The maximum Gasteiger partial charge on any atom is 0.243 e. The number of piperazine rings is 1. The van der Waals surface area contributed by atoms with Gasteiger partial charge in [0, 0.05) is 13.1 Å². The molecule has 19 heavy (non-hydrogen) atoms. The molecule has 1 heterocycles. The number of hydrogen-bond donors (Lipinski definition) is 0. The number of nitrogens with zero attached hydrogens (tertiary/aromatic N) is 2. The van der Waals surface area contributed by atoms with E-state index in [-0.39, 0.29) is 11.8 Å².